The summed E-state index contributed by atoms with van der Waals surface area (Å²) in [6.07, 6.45) is 1.94. The van der Waals surface area contributed by atoms with Crippen LogP contribution in [0.3, 0.4) is 0 Å². The van der Waals surface area contributed by atoms with Crippen LogP contribution in [-0.4, -0.2) is 21.2 Å². The SMILES string of the molecule is C=C(C)C(C)(C)CCNS(C)(=O)=O. The lowest BCUT2D eigenvalue weighted by Gasteiger charge is -2.24. The molecule has 0 rings (SSSR count). The summed E-state index contributed by atoms with van der Waals surface area (Å²) in [7, 11) is -3.05. The average molecular weight is 205 g/mol. The molecule has 0 aromatic heterocycles. The van der Waals surface area contributed by atoms with E-state index in [1.807, 2.05) is 6.92 Å². The second kappa shape index (κ2) is 4.24. The quantitative estimate of drug-likeness (QED) is 0.692. The molecule has 1 N–H and O–H groups in total. The van der Waals surface area contributed by atoms with Crippen LogP contribution in [-0.2, 0) is 10.0 Å². The zero-order valence-electron chi connectivity index (χ0n) is 8.85. The van der Waals surface area contributed by atoms with Crippen LogP contribution >= 0.6 is 0 Å². The fraction of sp³-hybridized carbons (Fsp3) is 0.778. The van der Waals surface area contributed by atoms with Gasteiger partial charge in [0, 0.05) is 6.54 Å². The van der Waals surface area contributed by atoms with Crippen molar-refractivity contribution >= 4 is 10.0 Å². The normalized spacial score (nSPS) is 12.9. The monoisotopic (exact) mass is 205 g/mol. The van der Waals surface area contributed by atoms with Crippen molar-refractivity contribution in [2.24, 2.45) is 5.41 Å². The number of hydrogen-bond acceptors (Lipinski definition) is 2. The molecule has 0 heterocycles. The third kappa shape index (κ3) is 5.82. The number of sulfonamides is 1. The molecule has 0 aromatic carbocycles. The maximum atomic E-state index is 10.8. The number of allylic oxidation sites excluding steroid dienone is 1. The van der Waals surface area contributed by atoms with Gasteiger partial charge in [0.2, 0.25) is 10.0 Å². The lowest BCUT2D eigenvalue weighted by Crippen LogP contribution is -2.27. The molecule has 0 amide bonds. The van der Waals surface area contributed by atoms with Gasteiger partial charge in [0.25, 0.3) is 0 Å². The van der Waals surface area contributed by atoms with E-state index in [1.165, 1.54) is 6.26 Å². The molecule has 0 fully saturated rings. The Labute approximate surface area is 81.3 Å². The minimum absolute atomic E-state index is 0.00229. The van der Waals surface area contributed by atoms with Gasteiger partial charge >= 0.3 is 0 Å². The molecule has 0 spiro atoms. The molecule has 0 saturated heterocycles. The van der Waals surface area contributed by atoms with Crippen LogP contribution in [0.25, 0.3) is 0 Å². The zero-order chi connectivity index (χ0) is 10.7. The van der Waals surface area contributed by atoms with Gasteiger partial charge in [-0.2, -0.15) is 0 Å². The lowest BCUT2D eigenvalue weighted by atomic mass is 9.83. The summed E-state index contributed by atoms with van der Waals surface area (Å²) >= 11 is 0. The molecular weight excluding hydrogens is 186 g/mol. The van der Waals surface area contributed by atoms with E-state index in [9.17, 15) is 8.42 Å². The fourth-order valence-electron chi connectivity index (χ4n) is 0.762. The van der Waals surface area contributed by atoms with E-state index in [0.29, 0.717) is 6.54 Å². The van der Waals surface area contributed by atoms with Crippen molar-refractivity contribution in [3.05, 3.63) is 12.2 Å². The van der Waals surface area contributed by atoms with Gasteiger partial charge in [0.05, 0.1) is 6.26 Å². The fourth-order valence-corrected chi connectivity index (χ4v) is 1.24. The van der Waals surface area contributed by atoms with Gasteiger partial charge in [0.15, 0.2) is 0 Å². The van der Waals surface area contributed by atoms with E-state index in [2.05, 4.69) is 25.1 Å². The van der Waals surface area contributed by atoms with Crippen molar-refractivity contribution in [3.8, 4) is 0 Å². The standard InChI is InChI=1S/C9H19NO2S/c1-8(2)9(3,4)6-7-10-13(5,11)12/h10H,1,6-7H2,2-5H3. The average Bonchev–Trinajstić information content (AvgIpc) is 1.82. The highest BCUT2D eigenvalue weighted by atomic mass is 32.2. The Morgan fingerprint density at radius 3 is 2.23 bits per heavy atom. The second-order valence-corrected chi connectivity index (χ2v) is 5.91. The number of hydrogen-bond donors (Lipinski definition) is 1. The maximum absolute atomic E-state index is 10.8. The van der Waals surface area contributed by atoms with Crippen LogP contribution < -0.4 is 4.72 Å². The minimum atomic E-state index is -3.05. The van der Waals surface area contributed by atoms with E-state index in [4.69, 9.17) is 0 Å². The van der Waals surface area contributed by atoms with Crippen LogP contribution in [0.5, 0.6) is 0 Å². The summed E-state index contributed by atoms with van der Waals surface area (Å²) in [6.45, 7) is 10.4. The first kappa shape index (κ1) is 12.7. The summed E-state index contributed by atoms with van der Waals surface area (Å²) in [5.41, 5.74) is 1.07. The van der Waals surface area contributed by atoms with Crippen molar-refractivity contribution in [2.75, 3.05) is 12.8 Å². The van der Waals surface area contributed by atoms with Gasteiger partial charge in [-0.3, -0.25) is 0 Å². The van der Waals surface area contributed by atoms with Crippen molar-refractivity contribution in [2.45, 2.75) is 27.2 Å². The van der Waals surface area contributed by atoms with Crippen LogP contribution in [0, 0.1) is 5.41 Å². The molecule has 78 valence electrons. The maximum Gasteiger partial charge on any atom is 0.208 e. The molecule has 0 aromatic rings. The van der Waals surface area contributed by atoms with Gasteiger partial charge in [-0.05, 0) is 18.8 Å². The second-order valence-electron chi connectivity index (χ2n) is 4.08. The van der Waals surface area contributed by atoms with E-state index < -0.39 is 10.0 Å². The molecular formula is C9H19NO2S. The topological polar surface area (TPSA) is 46.2 Å². The third-order valence-corrected chi connectivity index (χ3v) is 3.00. The van der Waals surface area contributed by atoms with E-state index in [0.717, 1.165) is 12.0 Å². The van der Waals surface area contributed by atoms with E-state index in [-0.39, 0.29) is 5.41 Å². The van der Waals surface area contributed by atoms with Crippen molar-refractivity contribution in [1.29, 1.82) is 0 Å². The molecule has 0 aliphatic heterocycles. The van der Waals surface area contributed by atoms with Gasteiger partial charge in [0.1, 0.15) is 0 Å². The molecule has 0 saturated carbocycles. The number of rotatable bonds is 5. The molecule has 0 aliphatic rings. The summed E-state index contributed by atoms with van der Waals surface area (Å²) in [5.74, 6) is 0. The highest BCUT2D eigenvalue weighted by molar-refractivity contribution is 7.88. The first-order chi connectivity index (χ1) is 5.65. The first-order valence-corrected chi connectivity index (χ1v) is 6.15. The Hall–Kier alpha value is -0.350. The van der Waals surface area contributed by atoms with Crippen molar-refractivity contribution < 1.29 is 8.42 Å². The Balaban J connectivity index is 3.98. The molecule has 0 aliphatic carbocycles. The van der Waals surface area contributed by atoms with Crippen LogP contribution in [0.2, 0.25) is 0 Å². The molecule has 4 heteroatoms. The van der Waals surface area contributed by atoms with Crippen LogP contribution in [0.4, 0.5) is 0 Å². The molecule has 13 heavy (non-hydrogen) atoms. The Morgan fingerprint density at radius 1 is 1.46 bits per heavy atom. The highest BCUT2D eigenvalue weighted by Crippen LogP contribution is 2.27. The summed E-state index contributed by atoms with van der Waals surface area (Å²) in [6, 6.07) is 0. The molecule has 0 radical (unpaired) electrons. The van der Waals surface area contributed by atoms with Crippen molar-refractivity contribution in [1.82, 2.24) is 4.72 Å². The largest absolute Gasteiger partial charge is 0.215 e. The predicted octanol–water partition coefficient (Wildman–Crippen LogP) is 1.53. The highest BCUT2D eigenvalue weighted by Gasteiger charge is 2.18. The van der Waals surface area contributed by atoms with Gasteiger partial charge in [-0.1, -0.05) is 26.0 Å². The molecule has 0 unspecified atom stereocenters. The Bertz CT molecular complexity index is 278. The smallest absolute Gasteiger partial charge is 0.208 e. The number of nitrogens with one attached hydrogen (secondary N) is 1. The van der Waals surface area contributed by atoms with E-state index in [1.54, 1.807) is 0 Å². The summed E-state index contributed by atoms with van der Waals surface area (Å²) < 4.78 is 24.0. The third-order valence-electron chi connectivity index (χ3n) is 2.27. The zero-order valence-corrected chi connectivity index (χ0v) is 9.66. The predicted molar refractivity (Wildman–Crippen MR) is 56.1 cm³/mol. The van der Waals surface area contributed by atoms with Crippen LogP contribution in [0.1, 0.15) is 27.2 Å². The van der Waals surface area contributed by atoms with Gasteiger partial charge in [-0.15, -0.1) is 0 Å². The van der Waals surface area contributed by atoms with Crippen LogP contribution in [0.15, 0.2) is 12.2 Å². The lowest BCUT2D eigenvalue weighted by molar-refractivity contribution is 0.409. The molecule has 0 atom stereocenters. The minimum Gasteiger partial charge on any atom is -0.215 e. The van der Waals surface area contributed by atoms with E-state index >= 15 is 0 Å². The van der Waals surface area contributed by atoms with Gasteiger partial charge in [-0.25, -0.2) is 13.1 Å². The molecule has 0 bridgehead atoms. The van der Waals surface area contributed by atoms with Gasteiger partial charge < -0.3 is 0 Å². The molecule has 3 nitrogen and oxygen atoms in total. The Kier molecular flexibility index (Phi) is 4.13. The summed E-state index contributed by atoms with van der Waals surface area (Å²) in [4.78, 5) is 0. The van der Waals surface area contributed by atoms with Crippen molar-refractivity contribution in [3.63, 3.8) is 0 Å². The first-order valence-electron chi connectivity index (χ1n) is 4.26. The Morgan fingerprint density at radius 2 is 1.92 bits per heavy atom. The summed E-state index contributed by atoms with van der Waals surface area (Å²) in [5, 5.41) is 0.